The van der Waals surface area contributed by atoms with Crippen molar-refractivity contribution < 1.29 is 4.79 Å². The molecule has 0 aliphatic heterocycles. The molecule has 2 aromatic carbocycles. The molecule has 0 bridgehead atoms. The zero-order chi connectivity index (χ0) is 22.6. The first kappa shape index (κ1) is 20.8. The van der Waals surface area contributed by atoms with Crippen LogP contribution in [-0.2, 0) is 13.6 Å². The van der Waals surface area contributed by atoms with Crippen molar-refractivity contribution in [2.75, 3.05) is 0 Å². The molecule has 0 saturated heterocycles. The number of hydrogen-bond acceptors (Lipinski definition) is 5. The third kappa shape index (κ3) is 4.57. The van der Waals surface area contributed by atoms with Crippen molar-refractivity contribution in [2.24, 2.45) is 7.05 Å². The summed E-state index contributed by atoms with van der Waals surface area (Å²) in [7, 11) is 1.88. The maximum atomic E-state index is 12.8. The highest BCUT2D eigenvalue weighted by atomic mass is 16.1. The van der Waals surface area contributed by atoms with E-state index in [1.165, 1.54) is 0 Å². The number of Topliss-reactive ketones (excluding diaryl/α,β-unsaturated/α-hetero) is 1. The van der Waals surface area contributed by atoms with E-state index in [4.69, 9.17) is 9.97 Å². The van der Waals surface area contributed by atoms with Crippen molar-refractivity contribution in [3.63, 3.8) is 0 Å². The summed E-state index contributed by atoms with van der Waals surface area (Å²) in [6.07, 6.45) is 9.66. The van der Waals surface area contributed by atoms with Crippen molar-refractivity contribution in [1.82, 2.24) is 29.3 Å². The Balaban J connectivity index is 1.43. The van der Waals surface area contributed by atoms with E-state index in [1.807, 2.05) is 78.6 Å². The Morgan fingerprint density at radius 2 is 1.76 bits per heavy atom. The standard InChI is InChI=1S/C26H24N6O/c1-31-15-12-22(30-31)26-25(19-7-3-2-4-8-19)29-23-17-20(10-11-21(23)28-26)24(33)9-5-6-14-32-16-13-27-18-32/h2-4,7-8,10-13,15-18H,5-6,9,14H2,1H3. The molecular weight excluding hydrogens is 412 g/mol. The molecule has 5 rings (SSSR count). The summed E-state index contributed by atoms with van der Waals surface area (Å²) in [6, 6.07) is 17.5. The summed E-state index contributed by atoms with van der Waals surface area (Å²) >= 11 is 0. The molecule has 0 atom stereocenters. The highest BCUT2D eigenvalue weighted by molar-refractivity contribution is 5.99. The molecule has 0 radical (unpaired) electrons. The number of nitrogens with zero attached hydrogens (tertiary/aromatic N) is 6. The number of carbonyl (C=O) groups excluding carboxylic acids is 1. The van der Waals surface area contributed by atoms with Gasteiger partial charge in [0, 0.05) is 49.7 Å². The zero-order valence-electron chi connectivity index (χ0n) is 18.4. The van der Waals surface area contributed by atoms with Crippen LogP contribution in [0.25, 0.3) is 33.7 Å². The molecule has 33 heavy (non-hydrogen) atoms. The highest BCUT2D eigenvalue weighted by Crippen LogP contribution is 2.30. The van der Waals surface area contributed by atoms with Crippen LogP contribution in [-0.4, -0.2) is 35.1 Å². The van der Waals surface area contributed by atoms with Crippen molar-refractivity contribution >= 4 is 16.8 Å². The second-order valence-corrected chi connectivity index (χ2v) is 8.05. The minimum absolute atomic E-state index is 0.124. The molecule has 5 aromatic rings. The number of fused-ring (bicyclic) bond motifs is 1. The Kier molecular flexibility index (Phi) is 5.76. The van der Waals surface area contributed by atoms with E-state index in [2.05, 4.69) is 10.1 Å². The fourth-order valence-corrected chi connectivity index (χ4v) is 3.89. The van der Waals surface area contributed by atoms with Crippen LogP contribution in [0, 0.1) is 0 Å². The molecule has 0 aliphatic rings. The lowest BCUT2D eigenvalue weighted by Gasteiger charge is -2.10. The van der Waals surface area contributed by atoms with Crippen LogP contribution in [0.1, 0.15) is 29.6 Å². The number of hydrogen-bond donors (Lipinski definition) is 0. The van der Waals surface area contributed by atoms with Gasteiger partial charge >= 0.3 is 0 Å². The van der Waals surface area contributed by atoms with Gasteiger partial charge in [0.25, 0.3) is 0 Å². The summed E-state index contributed by atoms with van der Waals surface area (Å²) in [5.41, 5.74) is 5.33. The van der Waals surface area contributed by atoms with Gasteiger partial charge in [-0.3, -0.25) is 9.48 Å². The molecular formula is C26H24N6O. The van der Waals surface area contributed by atoms with Gasteiger partial charge in [0.1, 0.15) is 11.4 Å². The number of aromatic nitrogens is 6. The van der Waals surface area contributed by atoms with Crippen molar-refractivity contribution in [3.05, 3.63) is 85.1 Å². The largest absolute Gasteiger partial charge is 0.337 e. The van der Waals surface area contributed by atoms with Crippen LogP contribution in [0.15, 0.2) is 79.5 Å². The molecule has 0 amide bonds. The summed E-state index contributed by atoms with van der Waals surface area (Å²) in [5, 5.41) is 4.53. The molecule has 3 heterocycles. The third-order valence-corrected chi connectivity index (χ3v) is 5.62. The quantitative estimate of drug-likeness (QED) is 0.254. The molecule has 0 spiro atoms. The van der Waals surface area contributed by atoms with Gasteiger partial charge in [-0.25, -0.2) is 15.0 Å². The maximum Gasteiger partial charge on any atom is 0.162 e. The Labute approximate surface area is 191 Å². The first-order chi connectivity index (χ1) is 16.2. The van der Waals surface area contributed by atoms with Crippen molar-refractivity contribution in [1.29, 1.82) is 0 Å². The van der Waals surface area contributed by atoms with E-state index in [-0.39, 0.29) is 5.78 Å². The fourth-order valence-electron chi connectivity index (χ4n) is 3.89. The lowest BCUT2D eigenvalue weighted by molar-refractivity contribution is 0.0979. The van der Waals surface area contributed by atoms with E-state index in [1.54, 1.807) is 17.2 Å². The van der Waals surface area contributed by atoms with E-state index in [0.717, 1.165) is 47.5 Å². The van der Waals surface area contributed by atoms with Crippen LogP contribution in [0.5, 0.6) is 0 Å². The molecule has 7 nitrogen and oxygen atoms in total. The minimum Gasteiger partial charge on any atom is -0.337 e. The average molecular weight is 437 g/mol. The van der Waals surface area contributed by atoms with Crippen LogP contribution in [0.4, 0.5) is 0 Å². The van der Waals surface area contributed by atoms with Crippen LogP contribution in [0.2, 0.25) is 0 Å². The second-order valence-electron chi connectivity index (χ2n) is 8.05. The number of ketones is 1. The Morgan fingerprint density at radius 1 is 0.909 bits per heavy atom. The number of imidazole rings is 1. The number of rotatable bonds is 8. The molecule has 7 heteroatoms. The van der Waals surface area contributed by atoms with Gasteiger partial charge < -0.3 is 4.57 Å². The predicted molar refractivity (Wildman–Crippen MR) is 128 cm³/mol. The summed E-state index contributed by atoms with van der Waals surface area (Å²) in [4.78, 5) is 26.7. The number of unbranched alkanes of at least 4 members (excludes halogenated alkanes) is 1. The first-order valence-electron chi connectivity index (χ1n) is 11.0. The molecule has 0 aliphatic carbocycles. The van der Waals surface area contributed by atoms with Crippen molar-refractivity contribution in [3.8, 4) is 22.6 Å². The smallest absolute Gasteiger partial charge is 0.162 e. The van der Waals surface area contributed by atoms with Gasteiger partial charge in [0.15, 0.2) is 5.78 Å². The number of benzene rings is 2. The molecule has 0 N–H and O–H groups in total. The Hall–Kier alpha value is -4.13. The Bertz CT molecular complexity index is 1390. The SMILES string of the molecule is Cn1ccc(-c2nc3ccc(C(=O)CCCCn4ccnc4)cc3nc2-c2ccccc2)n1. The van der Waals surface area contributed by atoms with E-state index >= 15 is 0 Å². The van der Waals surface area contributed by atoms with Gasteiger partial charge in [-0.2, -0.15) is 5.10 Å². The van der Waals surface area contributed by atoms with Crippen LogP contribution in [0.3, 0.4) is 0 Å². The van der Waals surface area contributed by atoms with Crippen molar-refractivity contribution in [2.45, 2.75) is 25.8 Å². The summed E-state index contributed by atoms with van der Waals surface area (Å²) in [6.45, 7) is 0.868. The molecule has 0 saturated carbocycles. The summed E-state index contributed by atoms with van der Waals surface area (Å²) < 4.78 is 3.78. The second kappa shape index (κ2) is 9.16. The van der Waals surface area contributed by atoms with Gasteiger partial charge in [-0.05, 0) is 37.1 Å². The average Bonchev–Trinajstić information content (AvgIpc) is 3.53. The molecule has 0 fully saturated rings. The lowest BCUT2D eigenvalue weighted by Crippen LogP contribution is -2.02. The first-order valence-corrected chi connectivity index (χ1v) is 11.0. The topological polar surface area (TPSA) is 78.5 Å². The molecule has 0 unspecified atom stereocenters. The van der Waals surface area contributed by atoms with E-state index < -0.39 is 0 Å². The normalized spacial score (nSPS) is 11.2. The summed E-state index contributed by atoms with van der Waals surface area (Å²) in [5.74, 6) is 0.124. The number of aryl methyl sites for hydroxylation is 2. The van der Waals surface area contributed by atoms with E-state index in [9.17, 15) is 4.79 Å². The van der Waals surface area contributed by atoms with E-state index in [0.29, 0.717) is 17.5 Å². The van der Waals surface area contributed by atoms with Gasteiger partial charge in [0.2, 0.25) is 0 Å². The Morgan fingerprint density at radius 3 is 2.52 bits per heavy atom. The highest BCUT2D eigenvalue weighted by Gasteiger charge is 2.16. The van der Waals surface area contributed by atoms with Gasteiger partial charge in [-0.15, -0.1) is 0 Å². The lowest BCUT2D eigenvalue weighted by atomic mass is 10.0. The van der Waals surface area contributed by atoms with Crippen LogP contribution < -0.4 is 0 Å². The maximum absolute atomic E-state index is 12.8. The van der Waals surface area contributed by atoms with Gasteiger partial charge in [-0.1, -0.05) is 30.3 Å². The van der Waals surface area contributed by atoms with Crippen LogP contribution >= 0.6 is 0 Å². The fraction of sp³-hybridized carbons (Fsp3) is 0.192. The minimum atomic E-state index is 0.124. The molecule has 164 valence electrons. The monoisotopic (exact) mass is 436 g/mol. The molecule has 3 aromatic heterocycles. The predicted octanol–water partition coefficient (Wildman–Crippen LogP) is 4.95. The van der Waals surface area contributed by atoms with Gasteiger partial charge in [0.05, 0.1) is 23.1 Å². The number of carbonyl (C=O) groups is 1. The zero-order valence-corrected chi connectivity index (χ0v) is 18.4. The third-order valence-electron chi connectivity index (χ3n) is 5.62.